The summed E-state index contributed by atoms with van der Waals surface area (Å²) >= 11 is 0. The van der Waals surface area contributed by atoms with Crippen molar-refractivity contribution in [3.8, 4) is 0 Å². The zero-order chi connectivity index (χ0) is 11.2. The maximum atomic E-state index is 3.61. The van der Waals surface area contributed by atoms with Gasteiger partial charge in [0.25, 0.3) is 0 Å². The van der Waals surface area contributed by atoms with Crippen molar-refractivity contribution in [1.82, 2.24) is 10.2 Å². The standard InChI is InChI=1S/C14H26N2/c1-3-11-10-15-7-6-14(11)8-12-4-5-13(9-14)16(12)2/h11-13,15H,3-10H2,1-2H3. The van der Waals surface area contributed by atoms with Crippen molar-refractivity contribution in [3.63, 3.8) is 0 Å². The molecule has 92 valence electrons. The Morgan fingerprint density at radius 1 is 1.25 bits per heavy atom. The molecule has 16 heavy (non-hydrogen) atoms. The molecule has 0 aromatic rings. The number of fused-ring (bicyclic) bond motifs is 2. The molecular weight excluding hydrogens is 196 g/mol. The molecule has 0 amide bonds. The van der Waals surface area contributed by atoms with E-state index >= 15 is 0 Å². The van der Waals surface area contributed by atoms with Crippen molar-refractivity contribution in [2.75, 3.05) is 20.1 Å². The average Bonchev–Trinajstić information content (AvgIpc) is 2.54. The van der Waals surface area contributed by atoms with Crippen molar-refractivity contribution in [2.24, 2.45) is 11.3 Å². The maximum Gasteiger partial charge on any atom is 0.0101 e. The highest BCUT2D eigenvalue weighted by atomic mass is 15.2. The van der Waals surface area contributed by atoms with Crippen molar-refractivity contribution in [3.05, 3.63) is 0 Å². The summed E-state index contributed by atoms with van der Waals surface area (Å²) in [6.45, 7) is 4.93. The number of nitrogens with one attached hydrogen (secondary N) is 1. The molecule has 3 rings (SSSR count). The van der Waals surface area contributed by atoms with Crippen LogP contribution in [0.5, 0.6) is 0 Å². The highest BCUT2D eigenvalue weighted by molar-refractivity contribution is 5.04. The number of nitrogens with zero attached hydrogens (tertiary/aromatic N) is 1. The normalized spacial score (nSPS) is 48.8. The molecule has 2 bridgehead atoms. The third kappa shape index (κ3) is 1.53. The second kappa shape index (κ2) is 3.99. The fourth-order valence-electron chi connectivity index (χ4n) is 4.75. The Morgan fingerprint density at radius 3 is 2.56 bits per heavy atom. The summed E-state index contributed by atoms with van der Waals surface area (Å²) in [7, 11) is 2.36. The predicted octanol–water partition coefficient (Wildman–Crippen LogP) is 2.25. The van der Waals surface area contributed by atoms with Gasteiger partial charge >= 0.3 is 0 Å². The van der Waals surface area contributed by atoms with Gasteiger partial charge in [0.05, 0.1) is 0 Å². The molecule has 0 radical (unpaired) electrons. The van der Waals surface area contributed by atoms with Gasteiger partial charge < -0.3 is 10.2 Å². The molecule has 0 aliphatic carbocycles. The van der Waals surface area contributed by atoms with E-state index < -0.39 is 0 Å². The summed E-state index contributed by atoms with van der Waals surface area (Å²) in [4.78, 5) is 2.68. The molecule has 0 aromatic carbocycles. The van der Waals surface area contributed by atoms with E-state index in [0.717, 1.165) is 18.0 Å². The third-order valence-electron chi connectivity index (χ3n) is 5.82. The summed E-state index contributed by atoms with van der Waals surface area (Å²) in [6, 6.07) is 1.82. The number of hydrogen-bond acceptors (Lipinski definition) is 2. The minimum absolute atomic E-state index is 0.707. The van der Waals surface area contributed by atoms with Gasteiger partial charge in [-0.05, 0) is 63.6 Å². The Labute approximate surface area is 99.8 Å². The van der Waals surface area contributed by atoms with Gasteiger partial charge in [-0.15, -0.1) is 0 Å². The molecule has 1 spiro atoms. The Morgan fingerprint density at radius 2 is 1.94 bits per heavy atom. The first-order valence-electron chi connectivity index (χ1n) is 7.18. The first kappa shape index (κ1) is 11.0. The van der Waals surface area contributed by atoms with Crippen molar-refractivity contribution in [2.45, 2.75) is 57.5 Å². The van der Waals surface area contributed by atoms with Gasteiger partial charge in [-0.25, -0.2) is 0 Å². The molecule has 1 N–H and O–H groups in total. The quantitative estimate of drug-likeness (QED) is 0.732. The van der Waals surface area contributed by atoms with Crippen LogP contribution in [0, 0.1) is 11.3 Å². The summed E-state index contributed by atoms with van der Waals surface area (Å²) in [5, 5.41) is 3.61. The summed E-state index contributed by atoms with van der Waals surface area (Å²) in [6.07, 6.45) is 8.71. The predicted molar refractivity (Wildman–Crippen MR) is 67.5 cm³/mol. The molecule has 3 saturated heterocycles. The van der Waals surface area contributed by atoms with Crippen LogP contribution in [-0.2, 0) is 0 Å². The molecule has 3 unspecified atom stereocenters. The number of piperidine rings is 2. The molecule has 0 aromatic heterocycles. The second-order valence-corrected chi connectivity index (χ2v) is 6.38. The molecule has 2 nitrogen and oxygen atoms in total. The first-order chi connectivity index (χ1) is 7.75. The zero-order valence-corrected chi connectivity index (χ0v) is 10.8. The minimum Gasteiger partial charge on any atom is -0.316 e. The third-order valence-corrected chi connectivity index (χ3v) is 5.82. The topological polar surface area (TPSA) is 15.3 Å². The van der Waals surface area contributed by atoms with Crippen molar-refractivity contribution < 1.29 is 0 Å². The van der Waals surface area contributed by atoms with Gasteiger partial charge in [-0.2, -0.15) is 0 Å². The minimum atomic E-state index is 0.707. The van der Waals surface area contributed by atoms with Gasteiger partial charge in [0.15, 0.2) is 0 Å². The van der Waals surface area contributed by atoms with Crippen LogP contribution in [0.4, 0.5) is 0 Å². The van der Waals surface area contributed by atoms with Crippen LogP contribution in [0.15, 0.2) is 0 Å². The van der Waals surface area contributed by atoms with E-state index in [1.807, 2.05) is 0 Å². The fraction of sp³-hybridized carbons (Fsp3) is 1.00. The largest absolute Gasteiger partial charge is 0.316 e. The van der Waals surface area contributed by atoms with Gasteiger partial charge in [-0.1, -0.05) is 13.3 Å². The molecular formula is C14H26N2. The van der Waals surface area contributed by atoms with Gasteiger partial charge in [0.1, 0.15) is 0 Å². The Bertz CT molecular complexity index is 249. The molecule has 2 heteroatoms. The molecule has 0 saturated carbocycles. The lowest BCUT2D eigenvalue weighted by Crippen LogP contribution is -2.53. The Balaban J connectivity index is 1.82. The Hall–Kier alpha value is -0.0800. The monoisotopic (exact) mass is 222 g/mol. The number of hydrogen-bond donors (Lipinski definition) is 1. The molecule has 3 atom stereocenters. The van der Waals surface area contributed by atoms with Crippen LogP contribution in [0.25, 0.3) is 0 Å². The highest BCUT2D eigenvalue weighted by Crippen LogP contribution is 2.52. The van der Waals surface area contributed by atoms with Gasteiger partial charge in [0, 0.05) is 12.1 Å². The van der Waals surface area contributed by atoms with Crippen LogP contribution in [0.2, 0.25) is 0 Å². The van der Waals surface area contributed by atoms with Crippen LogP contribution < -0.4 is 5.32 Å². The van der Waals surface area contributed by atoms with Crippen molar-refractivity contribution >= 4 is 0 Å². The van der Waals surface area contributed by atoms with Gasteiger partial charge in [0.2, 0.25) is 0 Å². The average molecular weight is 222 g/mol. The molecule has 3 aliphatic heterocycles. The summed E-state index contributed by atoms with van der Waals surface area (Å²) in [5.41, 5.74) is 0.707. The second-order valence-electron chi connectivity index (χ2n) is 6.38. The summed E-state index contributed by atoms with van der Waals surface area (Å²) < 4.78 is 0. The van der Waals surface area contributed by atoms with Crippen LogP contribution >= 0.6 is 0 Å². The fourth-order valence-corrected chi connectivity index (χ4v) is 4.75. The zero-order valence-electron chi connectivity index (χ0n) is 10.8. The van der Waals surface area contributed by atoms with E-state index in [9.17, 15) is 0 Å². The maximum absolute atomic E-state index is 3.61. The first-order valence-corrected chi connectivity index (χ1v) is 7.18. The molecule has 3 aliphatic rings. The van der Waals surface area contributed by atoms with Crippen molar-refractivity contribution in [1.29, 1.82) is 0 Å². The lowest BCUT2D eigenvalue weighted by Gasteiger charge is -2.52. The Kier molecular flexibility index (Phi) is 2.75. The van der Waals surface area contributed by atoms with E-state index in [-0.39, 0.29) is 0 Å². The molecule has 3 fully saturated rings. The van der Waals surface area contributed by atoms with Gasteiger partial charge in [-0.3, -0.25) is 0 Å². The van der Waals surface area contributed by atoms with Crippen LogP contribution in [-0.4, -0.2) is 37.1 Å². The van der Waals surface area contributed by atoms with Crippen LogP contribution in [0.3, 0.4) is 0 Å². The van der Waals surface area contributed by atoms with E-state index in [2.05, 4.69) is 24.2 Å². The van der Waals surface area contributed by atoms with Crippen LogP contribution in [0.1, 0.15) is 45.4 Å². The van der Waals surface area contributed by atoms with E-state index in [1.54, 1.807) is 0 Å². The lowest BCUT2D eigenvalue weighted by atomic mass is 9.62. The van der Waals surface area contributed by atoms with E-state index in [1.165, 1.54) is 51.6 Å². The summed E-state index contributed by atoms with van der Waals surface area (Å²) in [5.74, 6) is 0.943. The smallest absolute Gasteiger partial charge is 0.0101 e. The van der Waals surface area contributed by atoms with E-state index in [0.29, 0.717) is 5.41 Å². The highest BCUT2D eigenvalue weighted by Gasteiger charge is 2.50. The number of rotatable bonds is 1. The molecule has 3 heterocycles. The SMILES string of the molecule is CCC1CNCCC12CC1CCC(C2)N1C. The van der Waals surface area contributed by atoms with E-state index in [4.69, 9.17) is 0 Å². The lowest BCUT2D eigenvalue weighted by molar-refractivity contribution is -0.00868.